The predicted molar refractivity (Wildman–Crippen MR) is 85.4 cm³/mol. The highest BCUT2D eigenvalue weighted by Crippen LogP contribution is 2.19. The smallest absolute Gasteiger partial charge is 0.313 e. The lowest BCUT2D eigenvalue weighted by Crippen LogP contribution is -2.40. The normalized spacial score (nSPS) is 11.4. The average molecular weight is 303 g/mol. The Morgan fingerprint density at radius 3 is 2.73 bits per heavy atom. The Morgan fingerprint density at radius 1 is 1.23 bits per heavy atom. The molecule has 0 radical (unpaired) electrons. The van der Waals surface area contributed by atoms with Gasteiger partial charge in [0.25, 0.3) is 0 Å². The molecule has 0 spiro atoms. The minimum atomic E-state index is -0.699. The molecule has 6 nitrogen and oxygen atoms in total. The van der Waals surface area contributed by atoms with Crippen molar-refractivity contribution in [3.05, 3.63) is 30.5 Å². The summed E-state index contributed by atoms with van der Waals surface area (Å²) in [5, 5.41) is 15.1. The lowest BCUT2D eigenvalue weighted by molar-refractivity contribution is -0.136. The topological polar surface area (TPSA) is 94.2 Å². The second-order valence-electron chi connectivity index (χ2n) is 6.05. The molecule has 0 aliphatic rings. The Balaban J connectivity index is 1.92. The number of H-pyrrole nitrogens is 1. The molecule has 1 heterocycles. The lowest BCUT2D eigenvalue weighted by atomic mass is 9.90. The van der Waals surface area contributed by atoms with Gasteiger partial charge in [-0.3, -0.25) is 9.59 Å². The first-order valence-electron chi connectivity index (χ1n) is 7.18. The number of amides is 2. The van der Waals surface area contributed by atoms with Crippen LogP contribution in [0.25, 0.3) is 10.9 Å². The number of benzene rings is 1. The van der Waals surface area contributed by atoms with Crippen LogP contribution in [-0.2, 0) is 9.59 Å². The summed E-state index contributed by atoms with van der Waals surface area (Å²) in [5.41, 5.74) is 1.28. The van der Waals surface area contributed by atoms with Crippen LogP contribution < -0.4 is 10.6 Å². The van der Waals surface area contributed by atoms with E-state index in [1.807, 2.05) is 32.2 Å². The number of nitrogens with one attached hydrogen (secondary N) is 3. The van der Waals surface area contributed by atoms with Gasteiger partial charge < -0.3 is 20.7 Å². The van der Waals surface area contributed by atoms with Gasteiger partial charge in [-0.05, 0) is 36.1 Å². The standard InChI is InChI=1S/C16H21N3O3/c1-16(2,6-8-20)10-18-14(21)15(22)19-12-3-4-13-11(9-12)5-7-17-13/h3-5,7,9,17,20H,6,8,10H2,1-2H3,(H,18,21)(H,19,22). The maximum Gasteiger partial charge on any atom is 0.313 e. The molecule has 2 amide bonds. The van der Waals surface area contributed by atoms with E-state index in [0.29, 0.717) is 18.7 Å². The Bertz CT molecular complexity index is 676. The predicted octanol–water partition coefficient (Wildman–Crippen LogP) is 1.63. The number of aromatic nitrogens is 1. The van der Waals surface area contributed by atoms with Crippen molar-refractivity contribution >= 4 is 28.4 Å². The molecule has 0 fully saturated rings. The first-order chi connectivity index (χ1) is 10.4. The molecule has 0 saturated heterocycles. The van der Waals surface area contributed by atoms with Crippen molar-refractivity contribution in [1.29, 1.82) is 0 Å². The first-order valence-corrected chi connectivity index (χ1v) is 7.18. The number of anilines is 1. The number of hydrogen-bond donors (Lipinski definition) is 4. The van der Waals surface area contributed by atoms with Gasteiger partial charge in [-0.15, -0.1) is 0 Å². The van der Waals surface area contributed by atoms with Crippen molar-refractivity contribution in [3.63, 3.8) is 0 Å². The van der Waals surface area contributed by atoms with Gasteiger partial charge >= 0.3 is 11.8 Å². The Kier molecular flexibility index (Phi) is 4.82. The van der Waals surface area contributed by atoms with Crippen LogP contribution in [0.3, 0.4) is 0 Å². The number of aliphatic hydroxyl groups is 1. The average Bonchev–Trinajstić information content (AvgIpc) is 2.92. The zero-order valence-electron chi connectivity index (χ0n) is 12.8. The molecule has 0 bridgehead atoms. The Hall–Kier alpha value is -2.34. The van der Waals surface area contributed by atoms with Crippen molar-refractivity contribution in [2.24, 2.45) is 5.41 Å². The fourth-order valence-electron chi connectivity index (χ4n) is 2.11. The van der Waals surface area contributed by atoms with Crippen LogP contribution in [0.1, 0.15) is 20.3 Å². The van der Waals surface area contributed by atoms with E-state index in [-0.39, 0.29) is 12.0 Å². The molecule has 1 aromatic carbocycles. The highest BCUT2D eigenvalue weighted by molar-refractivity contribution is 6.39. The zero-order chi connectivity index (χ0) is 16.2. The van der Waals surface area contributed by atoms with E-state index in [1.54, 1.807) is 12.1 Å². The van der Waals surface area contributed by atoms with Gasteiger partial charge in [0.2, 0.25) is 0 Å². The highest BCUT2D eigenvalue weighted by Gasteiger charge is 2.21. The van der Waals surface area contributed by atoms with Gasteiger partial charge in [-0.2, -0.15) is 0 Å². The van der Waals surface area contributed by atoms with Crippen molar-refractivity contribution < 1.29 is 14.7 Å². The summed E-state index contributed by atoms with van der Waals surface area (Å²) in [6, 6.07) is 7.27. The number of carbonyl (C=O) groups is 2. The summed E-state index contributed by atoms with van der Waals surface area (Å²) in [4.78, 5) is 26.8. The van der Waals surface area contributed by atoms with Crippen molar-refractivity contribution in [3.8, 4) is 0 Å². The fourth-order valence-corrected chi connectivity index (χ4v) is 2.11. The summed E-state index contributed by atoms with van der Waals surface area (Å²) >= 11 is 0. The summed E-state index contributed by atoms with van der Waals surface area (Å²) in [5.74, 6) is -1.38. The van der Waals surface area contributed by atoms with Crippen LogP contribution >= 0.6 is 0 Å². The number of fused-ring (bicyclic) bond motifs is 1. The molecule has 0 aliphatic heterocycles. The molecular weight excluding hydrogens is 282 g/mol. The van der Waals surface area contributed by atoms with Crippen LogP contribution in [0.2, 0.25) is 0 Å². The second-order valence-corrected chi connectivity index (χ2v) is 6.05. The van der Waals surface area contributed by atoms with Gasteiger partial charge in [0.05, 0.1) is 0 Å². The van der Waals surface area contributed by atoms with Crippen LogP contribution in [0.5, 0.6) is 0 Å². The summed E-state index contributed by atoms with van der Waals surface area (Å²) in [7, 11) is 0. The van der Waals surface area contributed by atoms with E-state index < -0.39 is 11.8 Å². The van der Waals surface area contributed by atoms with E-state index in [1.165, 1.54) is 0 Å². The van der Waals surface area contributed by atoms with Gasteiger partial charge in [0.15, 0.2) is 0 Å². The molecular formula is C16H21N3O3. The molecule has 0 saturated carbocycles. The molecule has 2 rings (SSSR count). The summed E-state index contributed by atoms with van der Waals surface area (Å²) < 4.78 is 0. The van der Waals surface area contributed by atoms with Gasteiger partial charge in [-0.1, -0.05) is 13.8 Å². The SMILES string of the molecule is CC(C)(CCO)CNC(=O)C(=O)Nc1ccc2[nH]ccc2c1. The molecule has 0 unspecified atom stereocenters. The van der Waals surface area contributed by atoms with E-state index in [4.69, 9.17) is 5.11 Å². The molecule has 4 N–H and O–H groups in total. The molecule has 6 heteroatoms. The maximum atomic E-state index is 11.9. The van der Waals surface area contributed by atoms with Crippen molar-refractivity contribution in [2.75, 3.05) is 18.5 Å². The summed E-state index contributed by atoms with van der Waals surface area (Å²) in [6.07, 6.45) is 2.37. The third-order valence-electron chi connectivity index (χ3n) is 3.53. The van der Waals surface area contributed by atoms with Crippen molar-refractivity contribution in [1.82, 2.24) is 10.3 Å². The first kappa shape index (κ1) is 16.0. The molecule has 2 aromatic rings. The number of aliphatic hydroxyl groups excluding tert-OH is 1. The monoisotopic (exact) mass is 303 g/mol. The maximum absolute atomic E-state index is 11.9. The van der Waals surface area contributed by atoms with Gasteiger partial charge in [-0.25, -0.2) is 0 Å². The molecule has 0 aliphatic carbocycles. The van der Waals surface area contributed by atoms with E-state index in [9.17, 15) is 9.59 Å². The zero-order valence-corrected chi connectivity index (χ0v) is 12.8. The fraction of sp³-hybridized carbons (Fsp3) is 0.375. The van der Waals surface area contributed by atoms with Crippen molar-refractivity contribution in [2.45, 2.75) is 20.3 Å². The quantitative estimate of drug-likeness (QED) is 0.632. The highest BCUT2D eigenvalue weighted by atomic mass is 16.3. The second kappa shape index (κ2) is 6.62. The largest absolute Gasteiger partial charge is 0.396 e. The minimum Gasteiger partial charge on any atom is -0.396 e. The molecule has 1 aromatic heterocycles. The van der Waals surface area contributed by atoms with E-state index in [2.05, 4.69) is 15.6 Å². The Labute approximate surface area is 128 Å². The van der Waals surface area contributed by atoms with Crippen LogP contribution in [0, 0.1) is 5.41 Å². The number of aromatic amines is 1. The molecule has 118 valence electrons. The van der Waals surface area contributed by atoms with Crippen LogP contribution in [0.15, 0.2) is 30.5 Å². The third-order valence-corrected chi connectivity index (χ3v) is 3.53. The van der Waals surface area contributed by atoms with Crippen LogP contribution in [0.4, 0.5) is 5.69 Å². The molecule has 0 atom stereocenters. The number of hydrogen-bond acceptors (Lipinski definition) is 3. The van der Waals surface area contributed by atoms with Gasteiger partial charge in [0.1, 0.15) is 0 Å². The van der Waals surface area contributed by atoms with E-state index >= 15 is 0 Å². The lowest BCUT2D eigenvalue weighted by Gasteiger charge is -2.23. The molecule has 22 heavy (non-hydrogen) atoms. The third kappa shape index (κ3) is 4.08. The number of carbonyl (C=O) groups excluding carboxylic acids is 2. The van der Waals surface area contributed by atoms with Crippen LogP contribution in [-0.4, -0.2) is 35.1 Å². The number of rotatable bonds is 5. The Morgan fingerprint density at radius 2 is 2.00 bits per heavy atom. The minimum absolute atomic E-state index is 0.0474. The summed E-state index contributed by atoms with van der Waals surface area (Å²) in [6.45, 7) is 4.21. The van der Waals surface area contributed by atoms with Gasteiger partial charge in [0, 0.05) is 35.9 Å². The van der Waals surface area contributed by atoms with E-state index in [0.717, 1.165) is 10.9 Å².